The van der Waals surface area contributed by atoms with E-state index >= 15 is 0 Å². The number of carbonyl (C=O) groups is 2. The fraction of sp³-hybridized carbons (Fsp3) is 0.474. The molecule has 2 N–H and O–H groups in total. The molecule has 5 nitrogen and oxygen atoms in total. The van der Waals surface area contributed by atoms with Gasteiger partial charge in [-0.05, 0) is 36.5 Å². The van der Waals surface area contributed by atoms with E-state index in [1.54, 1.807) is 18.0 Å². The Balaban J connectivity index is 1.84. The van der Waals surface area contributed by atoms with Crippen LogP contribution in [0.4, 0.5) is 0 Å². The highest BCUT2D eigenvalue weighted by atomic mass is 16.2. The Morgan fingerprint density at radius 1 is 1.25 bits per heavy atom. The molecule has 0 aliphatic carbocycles. The Bertz CT molecular complexity index is 656. The highest BCUT2D eigenvalue weighted by molar-refractivity contribution is 5.82. The van der Waals surface area contributed by atoms with Gasteiger partial charge in [0.2, 0.25) is 11.8 Å². The Morgan fingerprint density at radius 3 is 2.79 bits per heavy atom. The minimum atomic E-state index is -0.239. The number of nitrogens with zero attached hydrogens (tertiary/aromatic N) is 2. The van der Waals surface area contributed by atoms with Crippen molar-refractivity contribution in [3.63, 3.8) is 0 Å². The van der Waals surface area contributed by atoms with E-state index in [-0.39, 0.29) is 23.9 Å². The fourth-order valence-corrected chi connectivity index (χ4v) is 3.77. The van der Waals surface area contributed by atoms with E-state index < -0.39 is 0 Å². The molecule has 2 unspecified atom stereocenters. The van der Waals surface area contributed by atoms with Gasteiger partial charge in [0.1, 0.15) is 0 Å². The zero-order valence-electron chi connectivity index (χ0n) is 14.1. The maximum absolute atomic E-state index is 12.9. The monoisotopic (exact) mass is 327 g/mol. The number of nitrogens with two attached hydrogens (primary N) is 1. The van der Waals surface area contributed by atoms with Crippen LogP contribution in [0.1, 0.15) is 49.8 Å². The van der Waals surface area contributed by atoms with E-state index in [1.807, 2.05) is 35.2 Å². The summed E-state index contributed by atoms with van der Waals surface area (Å²) >= 11 is 0. The van der Waals surface area contributed by atoms with Gasteiger partial charge in [0.25, 0.3) is 0 Å². The van der Waals surface area contributed by atoms with E-state index in [4.69, 9.17) is 5.73 Å². The van der Waals surface area contributed by atoms with Crippen molar-refractivity contribution in [1.29, 1.82) is 0 Å². The van der Waals surface area contributed by atoms with Crippen LogP contribution in [0.5, 0.6) is 0 Å². The fourth-order valence-electron chi connectivity index (χ4n) is 3.77. The van der Waals surface area contributed by atoms with Crippen molar-refractivity contribution in [3.8, 4) is 0 Å². The van der Waals surface area contributed by atoms with Gasteiger partial charge in [-0.25, -0.2) is 0 Å². The standard InChI is InChI=1S/C19H25N3O2/c1-14(23)21-11-9-15-6-2-3-8-17(15)18(21)12-19(24)22-10-5-4-7-16(22)13-20/h2-3,6,8-9,11,16,18H,4-5,7,10,12-13,20H2,1H3. The first-order valence-corrected chi connectivity index (χ1v) is 8.67. The Kier molecular flexibility index (Phi) is 5.00. The lowest BCUT2D eigenvalue weighted by Gasteiger charge is -2.38. The highest BCUT2D eigenvalue weighted by Gasteiger charge is 2.32. The molecule has 1 saturated heterocycles. The van der Waals surface area contributed by atoms with Crippen molar-refractivity contribution in [2.75, 3.05) is 13.1 Å². The molecule has 1 aromatic carbocycles. The number of hydrogen-bond acceptors (Lipinski definition) is 3. The predicted octanol–water partition coefficient (Wildman–Crippen LogP) is 2.29. The first kappa shape index (κ1) is 16.7. The van der Waals surface area contributed by atoms with Gasteiger partial charge in [-0.3, -0.25) is 9.59 Å². The van der Waals surface area contributed by atoms with Crippen molar-refractivity contribution in [1.82, 2.24) is 9.80 Å². The summed E-state index contributed by atoms with van der Waals surface area (Å²) in [6.45, 7) is 2.81. The average molecular weight is 327 g/mol. The summed E-state index contributed by atoms with van der Waals surface area (Å²) in [4.78, 5) is 28.5. The molecule has 0 saturated carbocycles. The van der Waals surface area contributed by atoms with E-state index in [0.717, 1.165) is 36.9 Å². The quantitative estimate of drug-likeness (QED) is 0.926. The van der Waals surface area contributed by atoms with Crippen LogP contribution in [0.25, 0.3) is 6.08 Å². The number of rotatable bonds is 3. The zero-order chi connectivity index (χ0) is 17.1. The topological polar surface area (TPSA) is 66.6 Å². The minimum Gasteiger partial charge on any atom is -0.338 e. The van der Waals surface area contributed by atoms with Crippen LogP contribution in [0.3, 0.4) is 0 Å². The van der Waals surface area contributed by atoms with Crippen LogP contribution in [0, 0.1) is 0 Å². The van der Waals surface area contributed by atoms with E-state index in [2.05, 4.69) is 0 Å². The molecule has 0 spiro atoms. The lowest BCUT2D eigenvalue weighted by Crippen LogP contribution is -2.48. The van der Waals surface area contributed by atoms with Crippen molar-refractivity contribution in [2.24, 2.45) is 5.73 Å². The number of hydrogen-bond donors (Lipinski definition) is 1. The number of piperidine rings is 1. The van der Waals surface area contributed by atoms with Crippen molar-refractivity contribution in [3.05, 3.63) is 41.6 Å². The molecule has 2 amide bonds. The van der Waals surface area contributed by atoms with E-state index in [0.29, 0.717) is 13.0 Å². The normalized spacial score (nSPS) is 23.1. The van der Waals surface area contributed by atoms with Crippen molar-refractivity contribution >= 4 is 17.9 Å². The van der Waals surface area contributed by atoms with Gasteiger partial charge in [-0.2, -0.15) is 0 Å². The summed E-state index contributed by atoms with van der Waals surface area (Å²) in [5.41, 5.74) is 7.95. The molecule has 2 heterocycles. The molecule has 24 heavy (non-hydrogen) atoms. The van der Waals surface area contributed by atoms with Gasteiger partial charge in [0.15, 0.2) is 0 Å². The first-order chi connectivity index (χ1) is 11.6. The highest BCUT2D eigenvalue weighted by Crippen LogP contribution is 2.33. The third-order valence-corrected chi connectivity index (χ3v) is 5.06. The number of amides is 2. The van der Waals surface area contributed by atoms with E-state index in [1.165, 1.54) is 0 Å². The Hall–Kier alpha value is -2.14. The van der Waals surface area contributed by atoms with Crippen LogP contribution >= 0.6 is 0 Å². The molecular formula is C19H25N3O2. The zero-order valence-corrected chi connectivity index (χ0v) is 14.1. The summed E-state index contributed by atoms with van der Waals surface area (Å²) in [7, 11) is 0. The van der Waals surface area contributed by atoms with Crippen LogP contribution in [-0.2, 0) is 9.59 Å². The SMILES string of the molecule is CC(=O)N1C=Cc2ccccc2C1CC(=O)N1CCCCC1CN. The van der Waals surface area contributed by atoms with Crippen LogP contribution < -0.4 is 5.73 Å². The van der Waals surface area contributed by atoms with Gasteiger partial charge in [-0.1, -0.05) is 24.3 Å². The van der Waals surface area contributed by atoms with Gasteiger partial charge in [0, 0.05) is 32.3 Å². The number of benzene rings is 1. The predicted molar refractivity (Wildman–Crippen MR) is 93.8 cm³/mol. The molecule has 0 aromatic heterocycles. The third kappa shape index (κ3) is 3.22. The van der Waals surface area contributed by atoms with E-state index in [9.17, 15) is 9.59 Å². The average Bonchev–Trinajstić information content (AvgIpc) is 2.61. The second-order valence-electron chi connectivity index (χ2n) is 6.56. The molecule has 1 aromatic rings. The third-order valence-electron chi connectivity index (χ3n) is 5.06. The number of carbonyl (C=O) groups excluding carboxylic acids is 2. The smallest absolute Gasteiger partial charge is 0.225 e. The lowest BCUT2D eigenvalue weighted by atomic mass is 9.92. The Labute approximate surface area is 143 Å². The maximum Gasteiger partial charge on any atom is 0.225 e. The summed E-state index contributed by atoms with van der Waals surface area (Å²) in [5.74, 6) is 0.0408. The van der Waals surface area contributed by atoms with Gasteiger partial charge in [-0.15, -0.1) is 0 Å². The van der Waals surface area contributed by atoms with Crippen LogP contribution in [-0.4, -0.2) is 40.7 Å². The summed E-state index contributed by atoms with van der Waals surface area (Å²) in [5, 5.41) is 0. The first-order valence-electron chi connectivity index (χ1n) is 8.67. The van der Waals surface area contributed by atoms with Gasteiger partial charge in [0.05, 0.1) is 12.5 Å². The second-order valence-corrected chi connectivity index (χ2v) is 6.56. The Morgan fingerprint density at radius 2 is 2.04 bits per heavy atom. The maximum atomic E-state index is 12.9. The molecule has 2 atom stereocenters. The van der Waals surface area contributed by atoms with Crippen molar-refractivity contribution in [2.45, 2.75) is 44.7 Å². The molecule has 3 rings (SSSR count). The van der Waals surface area contributed by atoms with Crippen LogP contribution in [0.15, 0.2) is 30.5 Å². The molecule has 128 valence electrons. The number of fused-ring (bicyclic) bond motifs is 1. The molecule has 2 aliphatic rings. The number of likely N-dealkylation sites (tertiary alicyclic amines) is 1. The molecule has 0 radical (unpaired) electrons. The molecule has 5 heteroatoms. The van der Waals surface area contributed by atoms with Crippen LogP contribution in [0.2, 0.25) is 0 Å². The molecule has 2 aliphatic heterocycles. The molecule has 0 bridgehead atoms. The summed E-state index contributed by atoms with van der Waals surface area (Å²) < 4.78 is 0. The van der Waals surface area contributed by atoms with Crippen molar-refractivity contribution < 1.29 is 9.59 Å². The van der Waals surface area contributed by atoms with Gasteiger partial charge < -0.3 is 15.5 Å². The second kappa shape index (κ2) is 7.18. The molecular weight excluding hydrogens is 302 g/mol. The molecule has 1 fully saturated rings. The summed E-state index contributed by atoms with van der Waals surface area (Å²) in [6, 6.07) is 7.84. The summed E-state index contributed by atoms with van der Waals surface area (Å²) in [6.07, 6.45) is 7.15. The largest absolute Gasteiger partial charge is 0.338 e. The van der Waals surface area contributed by atoms with Gasteiger partial charge >= 0.3 is 0 Å². The lowest BCUT2D eigenvalue weighted by molar-refractivity contribution is -0.137. The minimum absolute atomic E-state index is 0.0485.